The van der Waals surface area contributed by atoms with Crippen molar-refractivity contribution in [2.75, 3.05) is 6.26 Å². The second-order valence-corrected chi connectivity index (χ2v) is 8.04. The van der Waals surface area contributed by atoms with Gasteiger partial charge in [-0.25, -0.2) is 8.42 Å². The molecular formula is C15H23NO3S. The van der Waals surface area contributed by atoms with Crippen LogP contribution in [0.2, 0.25) is 0 Å². The second-order valence-electron chi connectivity index (χ2n) is 5.72. The van der Waals surface area contributed by atoms with Crippen LogP contribution in [0.3, 0.4) is 0 Å². The van der Waals surface area contributed by atoms with Crippen molar-refractivity contribution in [2.45, 2.75) is 50.0 Å². The van der Waals surface area contributed by atoms with Crippen molar-refractivity contribution in [2.24, 2.45) is 5.73 Å². The topological polar surface area (TPSA) is 69.4 Å². The molecule has 4 nitrogen and oxygen atoms in total. The molecule has 1 aliphatic rings. The molecule has 20 heavy (non-hydrogen) atoms. The Balaban J connectivity index is 2.04. The Hall–Kier alpha value is -1.07. The summed E-state index contributed by atoms with van der Waals surface area (Å²) in [5.74, 6) is 0.777. The van der Waals surface area contributed by atoms with Crippen LogP contribution < -0.4 is 10.5 Å². The second kappa shape index (κ2) is 6.14. The Morgan fingerprint density at radius 3 is 2.75 bits per heavy atom. The van der Waals surface area contributed by atoms with Crippen molar-refractivity contribution in [1.82, 2.24) is 0 Å². The Labute approximate surface area is 121 Å². The van der Waals surface area contributed by atoms with Crippen molar-refractivity contribution < 1.29 is 13.2 Å². The van der Waals surface area contributed by atoms with Crippen LogP contribution in [0.5, 0.6) is 5.75 Å². The molecule has 0 heterocycles. The van der Waals surface area contributed by atoms with Gasteiger partial charge in [-0.15, -0.1) is 0 Å². The summed E-state index contributed by atoms with van der Waals surface area (Å²) in [4.78, 5) is 0. The van der Waals surface area contributed by atoms with E-state index in [1.165, 1.54) is 6.26 Å². The molecule has 0 bridgehead atoms. The van der Waals surface area contributed by atoms with E-state index in [1.54, 1.807) is 0 Å². The fourth-order valence-electron chi connectivity index (χ4n) is 2.66. The standard InChI is InChI=1S/C15H23NO3S/c1-11(16)12-5-3-6-13(9-12)19-14-7-4-8-15(10-14)20(2,17)18/h3,5-6,9,11,14-15H,4,7-8,10,16H2,1-2H3/t11-,14?,15?/m0/s1. The summed E-state index contributed by atoms with van der Waals surface area (Å²) in [5.41, 5.74) is 6.89. The predicted octanol–water partition coefficient (Wildman–Crippen LogP) is 2.44. The third-order valence-corrected chi connectivity index (χ3v) is 5.51. The maximum Gasteiger partial charge on any atom is 0.150 e. The average Bonchev–Trinajstić information content (AvgIpc) is 2.38. The van der Waals surface area contributed by atoms with Gasteiger partial charge in [-0.2, -0.15) is 0 Å². The minimum atomic E-state index is -2.97. The third kappa shape index (κ3) is 3.96. The molecule has 5 heteroatoms. The molecule has 0 spiro atoms. The first kappa shape index (κ1) is 15.3. The fraction of sp³-hybridized carbons (Fsp3) is 0.600. The van der Waals surface area contributed by atoms with Gasteiger partial charge >= 0.3 is 0 Å². The molecule has 0 aromatic heterocycles. The minimum Gasteiger partial charge on any atom is -0.490 e. The van der Waals surface area contributed by atoms with Gasteiger partial charge < -0.3 is 10.5 Å². The molecular weight excluding hydrogens is 274 g/mol. The molecule has 3 atom stereocenters. The normalized spacial score (nSPS) is 25.1. The number of sulfone groups is 1. The van der Waals surface area contributed by atoms with Gasteiger partial charge in [0.25, 0.3) is 0 Å². The van der Waals surface area contributed by atoms with Gasteiger partial charge in [-0.3, -0.25) is 0 Å². The lowest BCUT2D eigenvalue weighted by Gasteiger charge is -2.28. The molecule has 0 amide bonds. The predicted molar refractivity (Wildman–Crippen MR) is 80.6 cm³/mol. The number of ether oxygens (including phenoxy) is 1. The Bertz CT molecular complexity index is 554. The summed E-state index contributed by atoms with van der Waals surface area (Å²) in [6.45, 7) is 1.93. The van der Waals surface area contributed by atoms with Crippen molar-refractivity contribution in [3.63, 3.8) is 0 Å². The van der Waals surface area contributed by atoms with Gasteiger partial charge in [-0.1, -0.05) is 12.1 Å². The van der Waals surface area contributed by atoms with E-state index in [0.717, 1.165) is 30.6 Å². The van der Waals surface area contributed by atoms with Crippen LogP contribution in [0.25, 0.3) is 0 Å². The number of nitrogens with two attached hydrogens (primary N) is 1. The minimum absolute atomic E-state index is 0.0215. The molecule has 112 valence electrons. The van der Waals surface area contributed by atoms with Crippen molar-refractivity contribution in [1.29, 1.82) is 0 Å². The SMILES string of the molecule is C[C@H](N)c1cccc(OC2CCCC(S(C)(=O)=O)C2)c1. The van der Waals surface area contributed by atoms with Gasteiger partial charge in [0.1, 0.15) is 15.6 Å². The highest BCUT2D eigenvalue weighted by Gasteiger charge is 2.29. The Morgan fingerprint density at radius 1 is 1.35 bits per heavy atom. The molecule has 0 radical (unpaired) electrons. The van der Waals surface area contributed by atoms with Gasteiger partial charge in [-0.05, 0) is 43.9 Å². The van der Waals surface area contributed by atoms with Gasteiger partial charge in [0.05, 0.1) is 11.4 Å². The molecule has 0 saturated heterocycles. The molecule has 2 N–H and O–H groups in total. The Morgan fingerprint density at radius 2 is 2.10 bits per heavy atom. The maximum absolute atomic E-state index is 11.7. The molecule has 0 aliphatic heterocycles. The van der Waals surface area contributed by atoms with Gasteiger partial charge in [0.15, 0.2) is 0 Å². The largest absolute Gasteiger partial charge is 0.490 e. The fourth-order valence-corrected chi connectivity index (χ4v) is 3.82. The van der Waals surface area contributed by atoms with Crippen LogP contribution in [0.4, 0.5) is 0 Å². The monoisotopic (exact) mass is 297 g/mol. The van der Waals surface area contributed by atoms with E-state index < -0.39 is 9.84 Å². The highest BCUT2D eigenvalue weighted by molar-refractivity contribution is 7.91. The first-order valence-electron chi connectivity index (χ1n) is 7.07. The van der Waals surface area contributed by atoms with Crippen LogP contribution in [0, 0.1) is 0 Å². The number of hydrogen-bond acceptors (Lipinski definition) is 4. The maximum atomic E-state index is 11.7. The quantitative estimate of drug-likeness (QED) is 0.926. The summed E-state index contributed by atoms with van der Waals surface area (Å²) in [5, 5.41) is -0.266. The summed E-state index contributed by atoms with van der Waals surface area (Å²) in [7, 11) is -2.97. The van der Waals surface area contributed by atoms with Crippen molar-refractivity contribution in [3.05, 3.63) is 29.8 Å². The zero-order valence-corrected chi connectivity index (χ0v) is 12.9. The smallest absolute Gasteiger partial charge is 0.150 e. The highest BCUT2D eigenvalue weighted by Crippen LogP contribution is 2.28. The van der Waals surface area contributed by atoms with Crippen LogP contribution in [0.1, 0.15) is 44.2 Å². The van der Waals surface area contributed by atoms with Crippen LogP contribution >= 0.6 is 0 Å². The number of hydrogen-bond donors (Lipinski definition) is 1. The molecule has 1 saturated carbocycles. The molecule has 1 aromatic rings. The lowest BCUT2D eigenvalue weighted by molar-refractivity contribution is 0.156. The van der Waals surface area contributed by atoms with E-state index in [2.05, 4.69) is 0 Å². The van der Waals surface area contributed by atoms with E-state index >= 15 is 0 Å². The molecule has 1 aromatic carbocycles. The van der Waals surface area contributed by atoms with Gasteiger partial charge in [0, 0.05) is 18.7 Å². The number of benzene rings is 1. The van der Waals surface area contributed by atoms with E-state index in [9.17, 15) is 8.42 Å². The zero-order chi connectivity index (χ0) is 14.8. The molecule has 2 rings (SSSR count). The zero-order valence-electron chi connectivity index (χ0n) is 12.1. The molecule has 1 fully saturated rings. The van der Waals surface area contributed by atoms with Crippen LogP contribution in [0.15, 0.2) is 24.3 Å². The van der Waals surface area contributed by atoms with Crippen molar-refractivity contribution in [3.8, 4) is 5.75 Å². The number of rotatable bonds is 4. The van der Waals surface area contributed by atoms with Crippen LogP contribution in [-0.2, 0) is 9.84 Å². The lowest BCUT2D eigenvalue weighted by atomic mass is 9.97. The van der Waals surface area contributed by atoms with Gasteiger partial charge in [0.2, 0.25) is 0 Å². The molecule has 2 unspecified atom stereocenters. The molecule has 1 aliphatic carbocycles. The summed E-state index contributed by atoms with van der Waals surface area (Å²) < 4.78 is 29.3. The van der Waals surface area contributed by atoms with E-state index in [4.69, 9.17) is 10.5 Å². The van der Waals surface area contributed by atoms with E-state index in [-0.39, 0.29) is 17.4 Å². The summed E-state index contributed by atoms with van der Waals surface area (Å²) in [6, 6.07) is 7.70. The lowest BCUT2D eigenvalue weighted by Crippen LogP contribution is -2.33. The van der Waals surface area contributed by atoms with Crippen molar-refractivity contribution >= 4 is 9.84 Å². The Kier molecular flexibility index (Phi) is 4.70. The first-order valence-corrected chi connectivity index (χ1v) is 9.03. The summed E-state index contributed by atoms with van der Waals surface area (Å²) >= 11 is 0. The first-order chi connectivity index (χ1) is 9.36. The van der Waals surface area contributed by atoms with Crippen LogP contribution in [-0.4, -0.2) is 26.0 Å². The van der Waals surface area contributed by atoms with E-state index in [0.29, 0.717) is 6.42 Å². The summed E-state index contributed by atoms with van der Waals surface area (Å²) in [6.07, 6.45) is 4.44. The highest BCUT2D eigenvalue weighted by atomic mass is 32.2. The average molecular weight is 297 g/mol. The third-order valence-electron chi connectivity index (χ3n) is 3.87. The van der Waals surface area contributed by atoms with E-state index in [1.807, 2.05) is 31.2 Å².